The molecule has 14 heavy (non-hydrogen) atoms. The Hall–Kier alpha value is -1.84. The first-order chi connectivity index (χ1) is 6.61. The van der Waals surface area contributed by atoms with Crippen LogP contribution >= 0.6 is 0 Å². The van der Waals surface area contributed by atoms with Crippen molar-refractivity contribution in [2.75, 3.05) is 0 Å². The van der Waals surface area contributed by atoms with E-state index in [1.807, 2.05) is 0 Å². The van der Waals surface area contributed by atoms with Gasteiger partial charge in [-0.1, -0.05) is 30.3 Å². The standard InChI is InChI=1S/C10H11NO3/c1-7(11-10(13)14)9(12)8-5-3-2-4-6-8/h2-7,11H,1H3,(H,13,14). The molecule has 0 heterocycles. The summed E-state index contributed by atoms with van der Waals surface area (Å²) >= 11 is 0. The van der Waals surface area contributed by atoms with E-state index in [2.05, 4.69) is 5.32 Å². The number of carbonyl (C=O) groups is 2. The number of carbonyl (C=O) groups excluding carboxylic acids is 1. The van der Waals surface area contributed by atoms with Crippen molar-refractivity contribution in [2.45, 2.75) is 13.0 Å². The minimum atomic E-state index is -1.19. The van der Waals surface area contributed by atoms with Crippen molar-refractivity contribution in [3.63, 3.8) is 0 Å². The third-order valence-corrected chi connectivity index (χ3v) is 1.79. The topological polar surface area (TPSA) is 66.4 Å². The summed E-state index contributed by atoms with van der Waals surface area (Å²) in [6.45, 7) is 1.52. The van der Waals surface area contributed by atoms with Crippen LogP contribution in [-0.4, -0.2) is 23.0 Å². The van der Waals surface area contributed by atoms with Crippen molar-refractivity contribution in [1.29, 1.82) is 0 Å². The highest BCUT2D eigenvalue weighted by Gasteiger charge is 2.15. The number of hydrogen-bond donors (Lipinski definition) is 2. The van der Waals surface area contributed by atoms with Gasteiger partial charge in [0.15, 0.2) is 5.78 Å². The fourth-order valence-electron chi connectivity index (χ4n) is 1.10. The van der Waals surface area contributed by atoms with Gasteiger partial charge >= 0.3 is 6.09 Å². The molecule has 74 valence electrons. The van der Waals surface area contributed by atoms with Gasteiger partial charge in [0, 0.05) is 5.56 Å². The molecule has 4 nitrogen and oxygen atoms in total. The lowest BCUT2D eigenvalue weighted by molar-refractivity contribution is 0.0945. The van der Waals surface area contributed by atoms with Gasteiger partial charge in [0.05, 0.1) is 6.04 Å². The zero-order chi connectivity index (χ0) is 10.6. The predicted octanol–water partition coefficient (Wildman–Crippen LogP) is 1.53. The summed E-state index contributed by atoms with van der Waals surface area (Å²) in [6.07, 6.45) is -1.19. The lowest BCUT2D eigenvalue weighted by Crippen LogP contribution is -2.37. The van der Waals surface area contributed by atoms with Crippen molar-refractivity contribution in [3.8, 4) is 0 Å². The molecule has 1 atom stereocenters. The molecule has 1 rings (SSSR count). The van der Waals surface area contributed by atoms with Gasteiger partial charge in [0.1, 0.15) is 0 Å². The largest absolute Gasteiger partial charge is 0.465 e. The molecule has 0 fully saturated rings. The number of carboxylic acid groups (broad SMARTS) is 1. The number of Topliss-reactive ketones (excluding diaryl/α,β-unsaturated/α-hetero) is 1. The van der Waals surface area contributed by atoms with Gasteiger partial charge < -0.3 is 10.4 Å². The molecule has 0 saturated carbocycles. The molecular formula is C10H11NO3. The highest BCUT2D eigenvalue weighted by molar-refractivity contribution is 6.01. The van der Waals surface area contributed by atoms with Gasteiger partial charge in [-0.25, -0.2) is 4.79 Å². The molecule has 1 aromatic rings. The molecule has 0 saturated heterocycles. The quantitative estimate of drug-likeness (QED) is 0.715. The SMILES string of the molecule is CC(NC(=O)O)C(=O)c1ccccc1. The highest BCUT2D eigenvalue weighted by Crippen LogP contribution is 2.02. The van der Waals surface area contributed by atoms with E-state index < -0.39 is 12.1 Å². The molecule has 0 radical (unpaired) electrons. The van der Waals surface area contributed by atoms with E-state index in [0.717, 1.165) is 0 Å². The Bertz CT molecular complexity index is 334. The third-order valence-electron chi connectivity index (χ3n) is 1.79. The monoisotopic (exact) mass is 193 g/mol. The lowest BCUT2D eigenvalue weighted by Gasteiger charge is -2.09. The molecule has 0 aromatic heterocycles. The smallest absolute Gasteiger partial charge is 0.405 e. The molecule has 1 aromatic carbocycles. The van der Waals surface area contributed by atoms with Crippen LogP contribution in [0.15, 0.2) is 30.3 Å². The number of benzene rings is 1. The maximum atomic E-state index is 11.6. The summed E-state index contributed by atoms with van der Waals surface area (Å²) in [4.78, 5) is 21.8. The predicted molar refractivity (Wildman–Crippen MR) is 51.4 cm³/mol. The summed E-state index contributed by atoms with van der Waals surface area (Å²) in [5.41, 5.74) is 0.508. The van der Waals surface area contributed by atoms with Gasteiger partial charge in [-0.05, 0) is 6.92 Å². The minimum absolute atomic E-state index is 0.229. The Kier molecular flexibility index (Phi) is 3.23. The molecule has 0 aliphatic heterocycles. The Morgan fingerprint density at radius 2 is 1.86 bits per heavy atom. The molecular weight excluding hydrogens is 182 g/mol. The van der Waals surface area contributed by atoms with Crippen LogP contribution in [0.2, 0.25) is 0 Å². The van der Waals surface area contributed by atoms with Gasteiger partial charge in [-0.2, -0.15) is 0 Å². The second-order valence-corrected chi connectivity index (χ2v) is 2.90. The van der Waals surface area contributed by atoms with Crippen molar-refractivity contribution in [3.05, 3.63) is 35.9 Å². The molecule has 1 unspecified atom stereocenters. The van der Waals surface area contributed by atoms with Crippen molar-refractivity contribution in [2.24, 2.45) is 0 Å². The third kappa shape index (κ3) is 2.58. The average molecular weight is 193 g/mol. The van der Waals surface area contributed by atoms with E-state index in [0.29, 0.717) is 5.56 Å². The average Bonchev–Trinajstić information content (AvgIpc) is 2.17. The van der Waals surface area contributed by atoms with Crippen LogP contribution in [0.3, 0.4) is 0 Å². The first-order valence-corrected chi connectivity index (χ1v) is 4.20. The Balaban J connectivity index is 2.71. The van der Waals surface area contributed by atoms with Crippen molar-refractivity contribution < 1.29 is 14.7 Å². The number of amides is 1. The van der Waals surface area contributed by atoms with E-state index in [4.69, 9.17) is 5.11 Å². The molecule has 0 aliphatic rings. The van der Waals surface area contributed by atoms with Crippen LogP contribution in [0, 0.1) is 0 Å². The first-order valence-electron chi connectivity index (χ1n) is 4.20. The van der Waals surface area contributed by atoms with Crippen LogP contribution in [0.25, 0.3) is 0 Å². The van der Waals surface area contributed by atoms with Crippen LogP contribution < -0.4 is 5.32 Å². The molecule has 2 N–H and O–H groups in total. The van der Waals surface area contributed by atoms with Crippen molar-refractivity contribution >= 4 is 11.9 Å². The van der Waals surface area contributed by atoms with Crippen LogP contribution in [0.4, 0.5) is 4.79 Å². The fourth-order valence-corrected chi connectivity index (χ4v) is 1.10. The fraction of sp³-hybridized carbons (Fsp3) is 0.200. The van der Waals surface area contributed by atoms with E-state index >= 15 is 0 Å². The summed E-state index contributed by atoms with van der Waals surface area (Å²) in [5.74, 6) is -0.229. The van der Waals surface area contributed by atoms with E-state index in [1.165, 1.54) is 6.92 Å². The molecule has 1 amide bonds. The number of rotatable bonds is 3. The summed E-state index contributed by atoms with van der Waals surface area (Å²) in [7, 11) is 0. The minimum Gasteiger partial charge on any atom is -0.465 e. The maximum absolute atomic E-state index is 11.6. The van der Waals surface area contributed by atoms with Crippen LogP contribution in [-0.2, 0) is 0 Å². The second-order valence-electron chi connectivity index (χ2n) is 2.90. The van der Waals surface area contributed by atoms with E-state index in [9.17, 15) is 9.59 Å². The van der Waals surface area contributed by atoms with Gasteiger partial charge in [0.2, 0.25) is 0 Å². The van der Waals surface area contributed by atoms with Gasteiger partial charge in [0.25, 0.3) is 0 Å². The first kappa shape index (κ1) is 10.2. The molecule has 4 heteroatoms. The van der Waals surface area contributed by atoms with Crippen LogP contribution in [0.5, 0.6) is 0 Å². The molecule has 0 aliphatic carbocycles. The summed E-state index contributed by atoms with van der Waals surface area (Å²) in [5, 5.41) is 10.5. The Labute approximate surface area is 81.6 Å². The number of nitrogens with one attached hydrogen (secondary N) is 1. The lowest BCUT2D eigenvalue weighted by atomic mass is 10.1. The number of hydrogen-bond acceptors (Lipinski definition) is 2. The van der Waals surface area contributed by atoms with E-state index in [1.54, 1.807) is 30.3 Å². The molecule has 0 spiro atoms. The second kappa shape index (κ2) is 4.41. The Morgan fingerprint density at radius 3 is 2.36 bits per heavy atom. The summed E-state index contributed by atoms with van der Waals surface area (Å²) < 4.78 is 0. The zero-order valence-electron chi connectivity index (χ0n) is 7.73. The highest BCUT2D eigenvalue weighted by atomic mass is 16.4. The Morgan fingerprint density at radius 1 is 1.29 bits per heavy atom. The van der Waals surface area contributed by atoms with Gasteiger partial charge in [-0.15, -0.1) is 0 Å². The van der Waals surface area contributed by atoms with E-state index in [-0.39, 0.29) is 5.78 Å². The van der Waals surface area contributed by atoms with Crippen molar-refractivity contribution in [1.82, 2.24) is 5.32 Å². The summed E-state index contributed by atoms with van der Waals surface area (Å²) in [6, 6.07) is 7.87. The van der Waals surface area contributed by atoms with Crippen LogP contribution in [0.1, 0.15) is 17.3 Å². The molecule has 0 bridgehead atoms. The maximum Gasteiger partial charge on any atom is 0.405 e. The van der Waals surface area contributed by atoms with Gasteiger partial charge in [-0.3, -0.25) is 4.79 Å². The normalized spacial score (nSPS) is 11.8. The zero-order valence-corrected chi connectivity index (χ0v) is 7.73. The number of ketones is 1.